The largest absolute Gasteiger partial charge is 0.497 e. The topological polar surface area (TPSA) is 42.0 Å². The van der Waals surface area contributed by atoms with Crippen LogP contribution in [0.4, 0.5) is 0 Å². The lowest BCUT2D eigenvalue weighted by Crippen LogP contribution is -2.58. The van der Waals surface area contributed by atoms with Crippen molar-refractivity contribution in [3.8, 4) is 5.75 Å². The highest BCUT2D eigenvalue weighted by Gasteiger charge is 2.47. The zero-order valence-corrected chi connectivity index (χ0v) is 17.4. The molecule has 1 saturated carbocycles. The van der Waals surface area contributed by atoms with Crippen LogP contribution in [-0.2, 0) is 16.0 Å². The quantitative estimate of drug-likeness (QED) is 0.779. The molecule has 0 aromatic heterocycles. The maximum absolute atomic E-state index is 13.1. The van der Waals surface area contributed by atoms with Crippen molar-refractivity contribution in [3.05, 3.63) is 29.8 Å². The highest BCUT2D eigenvalue weighted by molar-refractivity contribution is 5.79. The summed E-state index contributed by atoms with van der Waals surface area (Å²) in [5, 5.41) is 0. The molecule has 1 amide bonds. The Labute approximate surface area is 169 Å². The van der Waals surface area contributed by atoms with Crippen molar-refractivity contribution in [3.63, 3.8) is 0 Å². The molecule has 3 atom stereocenters. The second-order valence-corrected chi connectivity index (χ2v) is 8.79. The van der Waals surface area contributed by atoms with E-state index in [1.165, 1.54) is 25.7 Å². The van der Waals surface area contributed by atoms with E-state index in [0.717, 1.165) is 50.3 Å². The molecule has 0 N–H and O–H groups in total. The molecular formula is C23H34N2O3. The molecule has 1 aromatic carbocycles. The van der Waals surface area contributed by atoms with Gasteiger partial charge >= 0.3 is 0 Å². The van der Waals surface area contributed by atoms with Gasteiger partial charge in [-0.1, -0.05) is 12.1 Å². The first kappa shape index (κ1) is 19.7. The van der Waals surface area contributed by atoms with Crippen LogP contribution in [0.3, 0.4) is 0 Å². The molecule has 5 nitrogen and oxygen atoms in total. The van der Waals surface area contributed by atoms with E-state index in [1.807, 2.05) is 36.2 Å². The molecule has 154 valence electrons. The van der Waals surface area contributed by atoms with Gasteiger partial charge < -0.3 is 14.4 Å². The number of ether oxygens (including phenoxy) is 2. The van der Waals surface area contributed by atoms with Gasteiger partial charge in [-0.05, 0) is 75.7 Å². The number of amides is 1. The smallest absolute Gasteiger partial charge is 0.227 e. The molecule has 1 spiro atoms. The van der Waals surface area contributed by atoms with Crippen LogP contribution in [0.2, 0.25) is 0 Å². The van der Waals surface area contributed by atoms with Gasteiger partial charge in [-0.25, -0.2) is 0 Å². The van der Waals surface area contributed by atoms with E-state index in [4.69, 9.17) is 9.47 Å². The van der Waals surface area contributed by atoms with E-state index in [1.54, 1.807) is 7.11 Å². The number of likely N-dealkylation sites (tertiary alicyclic amines) is 1. The summed E-state index contributed by atoms with van der Waals surface area (Å²) in [7, 11) is 3.67. The average Bonchev–Trinajstić information content (AvgIpc) is 3.41. The maximum Gasteiger partial charge on any atom is 0.227 e. The summed E-state index contributed by atoms with van der Waals surface area (Å²) in [5.74, 6) is 1.04. The lowest BCUT2D eigenvalue weighted by molar-refractivity contribution is -0.136. The van der Waals surface area contributed by atoms with E-state index >= 15 is 0 Å². The highest BCUT2D eigenvalue weighted by atomic mass is 16.5. The second kappa shape index (κ2) is 8.42. The predicted octanol–water partition coefficient (Wildman–Crippen LogP) is 3.26. The molecule has 3 fully saturated rings. The number of benzene rings is 1. The highest BCUT2D eigenvalue weighted by Crippen LogP contribution is 2.43. The molecule has 2 aliphatic heterocycles. The lowest BCUT2D eigenvalue weighted by atomic mass is 9.76. The van der Waals surface area contributed by atoms with Crippen molar-refractivity contribution in [2.75, 3.05) is 33.9 Å². The lowest BCUT2D eigenvalue weighted by Gasteiger charge is -2.48. The number of hydrogen-bond acceptors (Lipinski definition) is 4. The number of nitrogens with zero attached hydrogens (tertiary/aromatic N) is 2. The fourth-order valence-electron chi connectivity index (χ4n) is 5.46. The Kier molecular flexibility index (Phi) is 5.93. The fourth-order valence-corrected chi connectivity index (χ4v) is 5.46. The van der Waals surface area contributed by atoms with Gasteiger partial charge in [0.1, 0.15) is 5.75 Å². The summed E-state index contributed by atoms with van der Waals surface area (Å²) in [6.07, 6.45) is 8.59. The number of methoxy groups -OCH3 is 1. The van der Waals surface area contributed by atoms with Gasteiger partial charge in [0.15, 0.2) is 0 Å². The third kappa shape index (κ3) is 4.06. The molecule has 0 radical (unpaired) electrons. The molecule has 3 unspecified atom stereocenters. The van der Waals surface area contributed by atoms with Crippen molar-refractivity contribution >= 4 is 5.91 Å². The first-order valence-electron chi connectivity index (χ1n) is 10.9. The second-order valence-electron chi connectivity index (χ2n) is 8.79. The van der Waals surface area contributed by atoms with E-state index < -0.39 is 0 Å². The number of likely N-dealkylation sites (N-methyl/N-ethyl adjacent to an activating group) is 1. The summed E-state index contributed by atoms with van der Waals surface area (Å²) < 4.78 is 11.5. The Morgan fingerprint density at radius 3 is 2.61 bits per heavy atom. The third-order valence-corrected chi connectivity index (χ3v) is 7.12. The number of carbonyl (C=O) groups excluding carboxylic acids is 1. The van der Waals surface area contributed by atoms with Gasteiger partial charge in [0.2, 0.25) is 5.91 Å². The normalized spacial score (nSPS) is 30.6. The van der Waals surface area contributed by atoms with Crippen molar-refractivity contribution < 1.29 is 14.3 Å². The third-order valence-electron chi connectivity index (χ3n) is 7.12. The monoisotopic (exact) mass is 386 g/mol. The van der Waals surface area contributed by atoms with E-state index in [2.05, 4.69) is 4.90 Å². The minimum absolute atomic E-state index is 0.0730. The molecule has 28 heavy (non-hydrogen) atoms. The molecule has 3 aliphatic rings. The summed E-state index contributed by atoms with van der Waals surface area (Å²) in [6.45, 7) is 3.24. The average molecular weight is 387 g/mol. The molecule has 2 heterocycles. The maximum atomic E-state index is 13.1. The molecule has 1 aliphatic carbocycles. The molecule has 2 saturated heterocycles. The van der Waals surface area contributed by atoms with Gasteiger partial charge in [-0.2, -0.15) is 0 Å². The first-order valence-corrected chi connectivity index (χ1v) is 10.9. The van der Waals surface area contributed by atoms with Crippen LogP contribution in [0.1, 0.15) is 50.5 Å². The van der Waals surface area contributed by atoms with Crippen LogP contribution >= 0.6 is 0 Å². The van der Waals surface area contributed by atoms with Crippen LogP contribution in [0.25, 0.3) is 0 Å². The van der Waals surface area contributed by atoms with Gasteiger partial charge in [0, 0.05) is 25.7 Å². The van der Waals surface area contributed by atoms with Crippen molar-refractivity contribution in [2.24, 2.45) is 0 Å². The van der Waals surface area contributed by atoms with Crippen molar-refractivity contribution in [2.45, 2.75) is 69.1 Å². The fraction of sp³-hybridized carbons (Fsp3) is 0.696. The van der Waals surface area contributed by atoms with Crippen molar-refractivity contribution in [1.82, 2.24) is 9.80 Å². The molecule has 0 bridgehead atoms. The minimum Gasteiger partial charge on any atom is -0.497 e. The summed E-state index contributed by atoms with van der Waals surface area (Å²) in [5.41, 5.74) is 1.12. The van der Waals surface area contributed by atoms with Gasteiger partial charge in [-0.3, -0.25) is 9.69 Å². The Morgan fingerprint density at radius 1 is 1.21 bits per heavy atom. The number of rotatable bonds is 5. The Hall–Kier alpha value is -1.59. The van der Waals surface area contributed by atoms with Gasteiger partial charge in [-0.15, -0.1) is 0 Å². The molecule has 5 heteroatoms. The van der Waals surface area contributed by atoms with Crippen LogP contribution in [-0.4, -0.2) is 67.2 Å². The van der Waals surface area contributed by atoms with Crippen LogP contribution in [0, 0.1) is 0 Å². The van der Waals surface area contributed by atoms with Crippen molar-refractivity contribution in [1.29, 1.82) is 0 Å². The summed E-state index contributed by atoms with van der Waals surface area (Å²) >= 11 is 0. The standard InChI is InChI=1S/C23H34N2O3/c1-24(22(26)16-18-6-8-19(27-2)9-7-18)20-10-12-23(11-5-15-28-23)17-21(20)25-13-3-4-14-25/h6-9,20-21H,3-5,10-17H2,1-2H3. The van der Waals surface area contributed by atoms with E-state index in [-0.39, 0.29) is 11.5 Å². The zero-order valence-electron chi connectivity index (χ0n) is 17.4. The van der Waals surface area contributed by atoms with E-state index in [9.17, 15) is 4.79 Å². The molecule has 1 aromatic rings. The Morgan fingerprint density at radius 2 is 1.96 bits per heavy atom. The molecule has 4 rings (SSSR count). The van der Waals surface area contributed by atoms with Gasteiger partial charge in [0.25, 0.3) is 0 Å². The van der Waals surface area contributed by atoms with Crippen LogP contribution in [0.15, 0.2) is 24.3 Å². The number of hydrogen-bond donors (Lipinski definition) is 0. The number of carbonyl (C=O) groups is 1. The van der Waals surface area contributed by atoms with Crippen LogP contribution < -0.4 is 4.74 Å². The van der Waals surface area contributed by atoms with Gasteiger partial charge in [0.05, 0.1) is 19.1 Å². The SMILES string of the molecule is COc1ccc(CC(=O)N(C)C2CCC3(CCCO3)CC2N2CCCC2)cc1. The minimum atomic E-state index is 0.0730. The predicted molar refractivity (Wildman–Crippen MR) is 110 cm³/mol. The zero-order chi connectivity index (χ0) is 19.6. The van der Waals surface area contributed by atoms with E-state index in [0.29, 0.717) is 18.5 Å². The first-order chi connectivity index (χ1) is 13.6. The summed E-state index contributed by atoms with van der Waals surface area (Å²) in [4.78, 5) is 17.8. The summed E-state index contributed by atoms with van der Waals surface area (Å²) in [6, 6.07) is 8.56. The Bertz CT molecular complexity index is 663. The van der Waals surface area contributed by atoms with Crippen LogP contribution in [0.5, 0.6) is 5.75 Å². The molecular weight excluding hydrogens is 352 g/mol. The Balaban J connectivity index is 1.45.